The SMILES string of the molecule is Brc1cc(CNCCc2ccncc2)cc2c1OCO2. The van der Waals surface area contributed by atoms with Crippen molar-refractivity contribution in [3.05, 3.63) is 52.3 Å². The number of nitrogens with zero attached hydrogens (tertiary/aromatic N) is 1. The third-order valence-corrected chi connectivity index (χ3v) is 3.74. The summed E-state index contributed by atoms with van der Waals surface area (Å²) in [7, 11) is 0. The molecule has 0 aliphatic carbocycles. The average Bonchev–Trinajstić information content (AvgIpc) is 2.94. The molecule has 5 heteroatoms. The normalized spacial score (nSPS) is 12.7. The van der Waals surface area contributed by atoms with Crippen LogP contribution in [0.25, 0.3) is 0 Å². The van der Waals surface area contributed by atoms with Gasteiger partial charge in [0.25, 0.3) is 0 Å². The van der Waals surface area contributed by atoms with Gasteiger partial charge >= 0.3 is 0 Å². The molecule has 2 heterocycles. The van der Waals surface area contributed by atoms with Crippen molar-refractivity contribution in [1.29, 1.82) is 0 Å². The molecule has 0 fully saturated rings. The maximum absolute atomic E-state index is 5.41. The lowest BCUT2D eigenvalue weighted by Gasteiger charge is -2.07. The van der Waals surface area contributed by atoms with Gasteiger partial charge in [-0.1, -0.05) is 0 Å². The smallest absolute Gasteiger partial charge is 0.231 e. The van der Waals surface area contributed by atoms with Crippen molar-refractivity contribution >= 4 is 15.9 Å². The van der Waals surface area contributed by atoms with Crippen LogP contribution in [-0.4, -0.2) is 18.3 Å². The molecule has 0 amide bonds. The average molecular weight is 335 g/mol. The number of rotatable bonds is 5. The monoisotopic (exact) mass is 334 g/mol. The highest BCUT2D eigenvalue weighted by molar-refractivity contribution is 9.10. The minimum Gasteiger partial charge on any atom is -0.454 e. The van der Waals surface area contributed by atoms with Crippen LogP contribution in [0.5, 0.6) is 11.5 Å². The van der Waals surface area contributed by atoms with Crippen LogP contribution in [0, 0.1) is 0 Å². The second-order valence-corrected chi connectivity index (χ2v) is 5.45. The number of ether oxygens (including phenoxy) is 2. The van der Waals surface area contributed by atoms with E-state index in [1.54, 1.807) is 0 Å². The third kappa shape index (κ3) is 3.11. The number of benzene rings is 1. The Morgan fingerprint density at radius 2 is 2.00 bits per heavy atom. The van der Waals surface area contributed by atoms with Gasteiger partial charge in [-0.2, -0.15) is 0 Å². The van der Waals surface area contributed by atoms with Crippen molar-refractivity contribution in [1.82, 2.24) is 10.3 Å². The second kappa shape index (κ2) is 6.24. The molecule has 3 rings (SSSR count). The van der Waals surface area contributed by atoms with Crippen molar-refractivity contribution in [2.24, 2.45) is 0 Å². The number of aromatic nitrogens is 1. The predicted molar refractivity (Wildman–Crippen MR) is 79.9 cm³/mol. The van der Waals surface area contributed by atoms with E-state index in [1.807, 2.05) is 30.6 Å². The fraction of sp³-hybridized carbons (Fsp3) is 0.267. The summed E-state index contributed by atoms with van der Waals surface area (Å²) in [5.74, 6) is 1.61. The number of fused-ring (bicyclic) bond motifs is 1. The van der Waals surface area contributed by atoms with Gasteiger partial charge in [0, 0.05) is 18.9 Å². The first-order chi connectivity index (χ1) is 9.83. The van der Waals surface area contributed by atoms with Crippen LogP contribution >= 0.6 is 15.9 Å². The summed E-state index contributed by atoms with van der Waals surface area (Å²) in [6.07, 6.45) is 4.64. The fourth-order valence-corrected chi connectivity index (χ4v) is 2.74. The summed E-state index contributed by atoms with van der Waals surface area (Å²) < 4.78 is 11.7. The molecule has 1 aromatic carbocycles. The molecule has 0 spiro atoms. The Hall–Kier alpha value is -1.59. The van der Waals surface area contributed by atoms with Gasteiger partial charge < -0.3 is 14.8 Å². The van der Waals surface area contributed by atoms with Crippen molar-refractivity contribution < 1.29 is 9.47 Å². The van der Waals surface area contributed by atoms with Crippen molar-refractivity contribution in [3.63, 3.8) is 0 Å². The zero-order valence-corrected chi connectivity index (χ0v) is 12.5. The molecule has 2 aromatic rings. The third-order valence-electron chi connectivity index (χ3n) is 3.16. The number of pyridine rings is 1. The van der Waals surface area contributed by atoms with Crippen LogP contribution in [0.1, 0.15) is 11.1 Å². The summed E-state index contributed by atoms with van der Waals surface area (Å²) in [5, 5.41) is 3.43. The Balaban J connectivity index is 1.53. The van der Waals surface area contributed by atoms with Gasteiger partial charge in [-0.05, 0) is 64.3 Å². The molecule has 0 atom stereocenters. The highest BCUT2D eigenvalue weighted by Gasteiger charge is 2.17. The first-order valence-corrected chi connectivity index (χ1v) is 7.30. The van der Waals surface area contributed by atoms with Crippen LogP contribution in [0.2, 0.25) is 0 Å². The molecule has 4 nitrogen and oxygen atoms in total. The minimum absolute atomic E-state index is 0.298. The zero-order valence-electron chi connectivity index (χ0n) is 10.9. The first kappa shape index (κ1) is 13.4. The Kier molecular flexibility index (Phi) is 4.18. The molecule has 0 unspecified atom stereocenters. The number of nitrogens with one attached hydrogen (secondary N) is 1. The van der Waals surface area contributed by atoms with Gasteiger partial charge in [-0.3, -0.25) is 4.98 Å². The summed E-state index contributed by atoms with van der Waals surface area (Å²) in [4.78, 5) is 4.01. The number of hydrogen-bond donors (Lipinski definition) is 1. The molecule has 0 bridgehead atoms. The van der Waals surface area contributed by atoms with Gasteiger partial charge in [0.2, 0.25) is 6.79 Å². The van der Waals surface area contributed by atoms with E-state index in [0.29, 0.717) is 6.79 Å². The van der Waals surface area contributed by atoms with E-state index in [2.05, 4.69) is 32.3 Å². The second-order valence-electron chi connectivity index (χ2n) is 4.59. The molecule has 1 N–H and O–H groups in total. The lowest BCUT2D eigenvalue weighted by molar-refractivity contribution is 0.173. The molecule has 20 heavy (non-hydrogen) atoms. The zero-order chi connectivity index (χ0) is 13.8. The summed E-state index contributed by atoms with van der Waals surface area (Å²) in [6, 6.07) is 8.16. The predicted octanol–water partition coefficient (Wildman–Crippen LogP) is 2.91. The lowest BCUT2D eigenvalue weighted by Crippen LogP contribution is -2.16. The van der Waals surface area contributed by atoms with Crippen molar-refractivity contribution in [2.75, 3.05) is 13.3 Å². The van der Waals surface area contributed by atoms with E-state index in [4.69, 9.17) is 9.47 Å². The van der Waals surface area contributed by atoms with Gasteiger partial charge in [-0.15, -0.1) is 0 Å². The van der Waals surface area contributed by atoms with E-state index in [9.17, 15) is 0 Å². The van der Waals surface area contributed by atoms with Crippen molar-refractivity contribution in [2.45, 2.75) is 13.0 Å². The van der Waals surface area contributed by atoms with Crippen LogP contribution in [0.3, 0.4) is 0 Å². The molecule has 0 saturated heterocycles. The standard InChI is InChI=1S/C15H15BrN2O2/c16-13-7-12(8-14-15(13)20-10-19-14)9-18-6-3-11-1-4-17-5-2-11/h1-2,4-5,7-8,18H,3,6,9-10H2. The maximum atomic E-state index is 5.41. The number of halogens is 1. The molecule has 1 aliphatic heterocycles. The molecular weight excluding hydrogens is 320 g/mol. The van der Waals surface area contributed by atoms with Gasteiger partial charge in [0.05, 0.1) is 4.47 Å². The number of hydrogen-bond acceptors (Lipinski definition) is 4. The van der Waals surface area contributed by atoms with Gasteiger partial charge in [0.15, 0.2) is 11.5 Å². The highest BCUT2D eigenvalue weighted by atomic mass is 79.9. The van der Waals surface area contributed by atoms with Crippen LogP contribution in [0.15, 0.2) is 41.1 Å². The largest absolute Gasteiger partial charge is 0.454 e. The Morgan fingerprint density at radius 3 is 2.85 bits per heavy atom. The molecular formula is C15H15BrN2O2. The Morgan fingerprint density at radius 1 is 1.15 bits per heavy atom. The van der Waals surface area contributed by atoms with E-state index in [-0.39, 0.29) is 0 Å². The minimum atomic E-state index is 0.298. The summed E-state index contributed by atoms with van der Waals surface area (Å²) in [5.41, 5.74) is 2.47. The van der Waals surface area contributed by atoms with Crippen molar-refractivity contribution in [3.8, 4) is 11.5 Å². The van der Waals surface area contributed by atoms with Crippen LogP contribution < -0.4 is 14.8 Å². The molecule has 1 aliphatic rings. The first-order valence-electron chi connectivity index (χ1n) is 6.50. The Labute approximate surface area is 126 Å². The maximum Gasteiger partial charge on any atom is 0.231 e. The van der Waals surface area contributed by atoms with E-state index in [0.717, 1.165) is 35.5 Å². The Bertz CT molecular complexity index is 590. The molecule has 104 valence electrons. The van der Waals surface area contributed by atoms with Crippen LogP contribution in [-0.2, 0) is 13.0 Å². The van der Waals surface area contributed by atoms with Gasteiger partial charge in [0.1, 0.15) is 0 Å². The van der Waals surface area contributed by atoms with E-state index >= 15 is 0 Å². The van der Waals surface area contributed by atoms with Gasteiger partial charge in [-0.25, -0.2) is 0 Å². The highest BCUT2D eigenvalue weighted by Crippen LogP contribution is 2.39. The summed E-state index contributed by atoms with van der Waals surface area (Å²) >= 11 is 3.50. The molecule has 0 saturated carbocycles. The quantitative estimate of drug-likeness (QED) is 0.854. The molecule has 0 radical (unpaired) electrons. The lowest BCUT2D eigenvalue weighted by atomic mass is 10.2. The van der Waals surface area contributed by atoms with Crippen LogP contribution in [0.4, 0.5) is 0 Å². The summed E-state index contributed by atoms with van der Waals surface area (Å²) in [6.45, 7) is 2.03. The topological polar surface area (TPSA) is 43.4 Å². The van der Waals surface area contributed by atoms with E-state index in [1.165, 1.54) is 11.1 Å². The molecule has 1 aromatic heterocycles. The van der Waals surface area contributed by atoms with E-state index < -0.39 is 0 Å². The fourth-order valence-electron chi connectivity index (χ4n) is 2.14.